The summed E-state index contributed by atoms with van der Waals surface area (Å²) in [6.45, 7) is 5.54. The van der Waals surface area contributed by atoms with Crippen molar-refractivity contribution in [1.29, 1.82) is 0 Å². The Hall–Kier alpha value is -2.74. The van der Waals surface area contributed by atoms with Crippen molar-refractivity contribution >= 4 is 11.2 Å². The van der Waals surface area contributed by atoms with Crippen molar-refractivity contribution in [3.05, 3.63) is 57.2 Å². The van der Waals surface area contributed by atoms with E-state index >= 15 is 0 Å². The number of imidazole rings is 1. The van der Waals surface area contributed by atoms with Crippen LogP contribution in [0.3, 0.4) is 0 Å². The molecule has 0 N–H and O–H groups in total. The molecule has 0 aliphatic carbocycles. The van der Waals surface area contributed by atoms with Crippen molar-refractivity contribution in [2.75, 3.05) is 6.61 Å². The van der Waals surface area contributed by atoms with E-state index in [0.29, 0.717) is 30.3 Å². The lowest BCUT2D eigenvalue weighted by atomic mass is 10.2. The van der Waals surface area contributed by atoms with Crippen molar-refractivity contribution in [3.8, 4) is 5.69 Å². The van der Waals surface area contributed by atoms with Gasteiger partial charge in [0.2, 0.25) is 0 Å². The van der Waals surface area contributed by atoms with E-state index in [1.807, 2.05) is 13.8 Å². The van der Waals surface area contributed by atoms with E-state index < -0.39 is 11.5 Å². The number of ether oxygens (including phenoxy) is 1. The lowest BCUT2D eigenvalue weighted by Crippen LogP contribution is -2.42. The highest BCUT2D eigenvalue weighted by atomic mass is 19.1. The molecule has 0 radical (unpaired) electrons. The average Bonchev–Trinajstić information content (AvgIpc) is 3.30. The highest BCUT2D eigenvalue weighted by Gasteiger charge is 2.23. The lowest BCUT2D eigenvalue weighted by Gasteiger charge is -2.15. The fraction of sp³-hybridized carbons (Fsp3) is 0.450. The number of aromatic nitrogens is 4. The van der Waals surface area contributed by atoms with E-state index in [-0.39, 0.29) is 23.9 Å². The van der Waals surface area contributed by atoms with Gasteiger partial charge >= 0.3 is 5.69 Å². The summed E-state index contributed by atoms with van der Waals surface area (Å²) >= 11 is 0. The smallest absolute Gasteiger partial charge is 0.337 e. The summed E-state index contributed by atoms with van der Waals surface area (Å²) in [5.74, 6) is -0.0966. The van der Waals surface area contributed by atoms with Gasteiger partial charge in [0.15, 0.2) is 11.2 Å². The van der Waals surface area contributed by atoms with Crippen LogP contribution >= 0.6 is 0 Å². The van der Waals surface area contributed by atoms with E-state index in [2.05, 4.69) is 4.98 Å². The molecule has 1 fully saturated rings. The average molecular weight is 386 g/mol. The first kappa shape index (κ1) is 18.6. The summed E-state index contributed by atoms with van der Waals surface area (Å²) in [7, 11) is 0. The quantitative estimate of drug-likeness (QED) is 0.675. The monoisotopic (exact) mass is 386 g/mol. The zero-order valence-electron chi connectivity index (χ0n) is 16.0. The molecule has 1 unspecified atom stereocenters. The Morgan fingerprint density at radius 3 is 2.64 bits per heavy atom. The summed E-state index contributed by atoms with van der Waals surface area (Å²) in [5.41, 5.74) is 0.259. The molecule has 8 heteroatoms. The van der Waals surface area contributed by atoms with Crippen LogP contribution in [-0.4, -0.2) is 31.4 Å². The van der Waals surface area contributed by atoms with Gasteiger partial charge < -0.3 is 9.30 Å². The van der Waals surface area contributed by atoms with E-state index in [1.165, 1.54) is 33.4 Å². The molecule has 2 aromatic heterocycles. The van der Waals surface area contributed by atoms with E-state index in [4.69, 9.17) is 4.74 Å². The molecular weight excluding hydrogens is 363 g/mol. The summed E-state index contributed by atoms with van der Waals surface area (Å²) in [6, 6.07) is 5.60. The van der Waals surface area contributed by atoms with Crippen molar-refractivity contribution in [2.45, 2.75) is 45.9 Å². The molecule has 1 aromatic carbocycles. The first-order chi connectivity index (χ1) is 13.5. The van der Waals surface area contributed by atoms with E-state index in [0.717, 1.165) is 12.8 Å². The van der Waals surface area contributed by atoms with Crippen molar-refractivity contribution in [2.24, 2.45) is 5.92 Å². The fourth-order valence-electron chi connectivity index (χ4n) is 3.69. The van der Waals surface area contributed by atoms with Gasteiger partial charge in [0.05, 0.1) is 24.7 Å². The normalized spacial score (nSPS) is 17.1. The summed E-state index contributed by atoms with van der Waals surface area (Å²) in [5, 5.41) is 0. The Bertz CT molecular complexity index is 1110. The second-order valence-corrected chi connectivity index (χ2v) is 7.61. The van der Waals surface area contributed by atoms with Gasteiger partial charge in [0.25, 0.3) is 5.56 Å². The third-order valence-corrected chi connectivity index (χ3v) is 4.96. The number of hydrogen-bond donors (Lipinski definition) is 0. The first-order valence-electron chi connectivity index (χ1n) is 9.54. The van der Waals surface area contributed by atoms with Gasteiger partial charge in [-0.25, -0.2) is 18.7 Å². The second kappa shape index (κ2) is 7.35. The Balaban J connectivity index is 1.98. The Kier molecular flexibility index (Phi) is 4.89. The Labute approximate surface area is 161 Å². The van der Waals surface area contributed by atoms with Crippen LogP contribution in [0, 0.1) is 11.7 Å². The predicted octanol–water partition coefficient (Wildman–Crippen LogP) is 2.32. The molecule has 0 saturated carbocycles. The van der Waals surface area contributed by atoms with Crippen LogP contribution in [0.4, 0.5) is 4.39 Å². The third-order valence-electron chi connectivity index (χ3n) is 4.96. The topological polar surface area (TPSA) is 71.1 Å². The molecule has 4 rings (SSSR count). The van der Waals surface area contributed by atoms with E-state index in [9.17, 15) is 14.0 Å². The zero-order chi connectivity index (χ0) is 19.8. The molecule has 1 aliphatic rings. The lowest BCUT2D eigenvalue weighted by molar-refractivity contribution is 0.0950. The van der Waals surface area contributed by atoms with Crippen LogP contribution in [0.2, 0.25) is 0 Å². The summed E-state index contributed by atoms with van der Waals surface area (Å²) in [6.07, 6.45) is 3.15. The number of nitrogens with zero attached hydrogens (tertiary/aromatic N) is 4. The number of hydrogen-bond acceptors (Lipinski definition) is 4. The Morgan fingerprint density at radius 1 is 1.25 bits per heavy atom. The highest BCUT2D eigenvalue weighted by Crippen LogP contribution is 2.17. The summed E-state index contributed by atoms with van der Waals surface area (Å²) < 4.78 is 23.4. The zero-order valence-corrected chi connectivity index (χ0v) is 16.0. The molecule has 1 atom stereocenters. The van der Waals surface area contributed by atoms with Gasteiger partial charge in [-0.1, -0.05) is 13.8 Å². The maximum Gasteiger partial charge on any atom is 0.337 e. The van der Waals surface area contributed by atoms with Gasteiger partial charge in [0.1, 0.15) is 5.82 Å². The summed E-state index contributed by atoms with van der Waals surface area (Å²) in [4.78, 5) is 30.8. The van der Waals surface area contributed by atoms with Crippen molar-refractivity contribution in [3.63, 3.8) is 0 Å². The van der Waals surface area contributed by atoms with Crippen LogP contribution < -0.4 is 11.2 Å². The van der Waals surface area contributed by atoms with E-state index in [1.54, 1.807) is 10.9 Å². The van der Waals surface area contributed by atoms with Gasteiger partial charge in [-0.2, -0.15) is 0 Å². The highest BCUT2D eigenvalue weighted by molar-refractivity contribution is 5.72. The minimum atomic E-state index is -0.491. The first-order valence-corrected chi connectivity index (χ1v) is 9.54. The maximum atomic E-state index is 13.4. The van der Waals surface area contributed by atoms with Crippen molar-refractivity contribution < 1.29 is 9.13 Å². The minimum absolute atomic E-state index is 0.161. The third kappa shape index (κ3) is 3.28. The number of fused-ring (bicyclic) bond motifs is 1. The van der Waals surface area contributed by atoms with Crippen LogP contribution in [0.25, 0.3) is 16.9 Å². The van der Waals surface area contributed by atoms with Gasteiger partial charge in [-0.05, 0) is 43.0 Å². The molecule has 28 heavy (non-hydrogen) atoms. The molecule has 7 nitrogen and oxygen atoms in total. The molecule has 0 spiro atoms. The van der Waals surface area contributed by atoms with Crippen LogP contribution in [0.1, 0.15) is 26.7 Å². The molecule has 1 saturated heterocycles. The fourth-order valence-corrected chi connectivity index (χ4v) is 3.69. The predicted molar refractivity (Wildman–Crippen MR) is 103 cm³/mol. The maximum absolute atomic E-state index is 13.4. The number of benzene rings is 1. The number of rotatable bonds is 5. The standard InChI is InChI=1S/C20H23FN4O3/c1-13(2)10-23-12-22-18-17(23)19(26)24(11-16-4-3-9-28-16)20(27)25(18)15-7-5-14(21)6-8-15/h5-8,12-13,16H,3-4,9-11H2,1-2H3. The molecule has 0 amide bonds. The van der Waals surface area contributed by atoms with Gasteiger partial charge in [-0.15, -0.1) is 0 Å². The molecule has 3 aromatic rings. The van der Waals surface area contributed by atoms with Crippen LogP contribution in [0.15, 0.2) is 40.2 Å². The minimum Gasteiger partial charge on any atom is -0.376 e. The second-order valence-electron chi connectivity index (χ2n) is 7.61. The van der Waals surface area contributed by atoms with Crippen molar-refractivity contribution in [1.82, 2.24) is 18.7 Å². The largest absolute Gasteiger partial charge is 0.376 e. The molecule has 3 heterocycles. The van der Waals surface area contributed by atoms with Gasteiger partial charge in [0, 0.05) is 13.2 Å². The van der Waals surface area contributed by atoms with Gasteiger partial charge in [-0.3, -0.25) is 9.36 Å². The Morgan fingerprint density at radius 2 is 2.00 bits per heavy atom. The number of halogens is 1. The van der Waals surface area contributed by atoms with Crippen LogP contribution in [0.5, 0.6) is 0 Å². The molecule has 1 aliphatic heterocycles. The van der Waals surface area contributed by atoms with Crippen LogP contribution in [-0.2, 0) is 17.8 Å². The molecule has 148 valence electrons. The molecule has 0 bridgehead atoms. The SMILES string of the molecule is CC(C)Cn1cnc2c1c(=O)n(CC1CCCO1)c(=O)n2-c1ccc(F)cc1. The molecular formula is C20H23FN4O3.